The third-order valence-corrected chi connectivity index (χ3v) is 1.24. The van der Waals surface area contributed by atoms with E-state index >= 15 is 0 Å². The van der Waals surface area contributed by atoms with Crippen LogP contribution < -0.4 is 5.32 Å². The summed E-state index contributed by atoms with van der Waals surface area (Å²) in [5.41, 5.74) is 0.890. The van der Waals surface area contributed by atoms with Gasteiger partial charge in [0.25, 0.3) is 0 Å². The van der Waals surface area contributed by atoms with Crippen LogP contribution in [-0.4, -0.2) is 33.3 Å². The maximum Gasteiger partial charge on any atom is 0.0964 e. The van der Waals surface area contributed by atoms with E-state index in [1.165, 1.54) is 0 Å². The zero-order valence-electron chi connectivity index (χ0n) is 6.49. The van der Waals surface area contributed by atoms with Gasteiger partial charge < -0.3 is 10.4 Å². The van der Waals surface area contributed by atoms with E-state index in [1.54, 1.807) is 4.68 Å². The van der Waals surface area contributed by atoms with E-state index in [0.717, 1.165) is 5.69 Å². The van der Waals surface area contributed by atoms with E-state index in [0.29, 0.717) is 13.1 Å². The van der Waals surface area contributed by atoms with Gasteiger partial charge in [-0.2, -0.15) is 0 Å². The zero-order chi connectivity index (χ0) is 8.10. The van der Waals surface area contributed by atoms with Gasteiger partial charge in [-0.25, -0.2) is 0 Å². The number of aliphatic hydroxyl groups excluding tert-OH is 1. The van der Waals surface area contributed by atoms with Gasteiger partial charge in [0.15, 0.2) is 0 Å². The monoisotopic (exact) mass is 156 g/mol. The molecule has 0 fully saturated rings. The van der Waals surface area contributed by atoms with Crippen LogP contribution in [0.5, 0.6) is 0 Å². The summed E-state index contributed by atoms with van der Waals surface area (Å²) in [5.74, 6) is 0. The van der Waals surface area contributed by atoms with Crippen molar-refractivity contribution in [1.29, 1.82) is 0 Å². The highest BCUT2D eigenvalue weighted by atomic mass is 16.3. The Labute approximate surface area is 65.0 Å². The van der Waals surface area contributed by atoms with Gasteiger partial charge in [-0.1, -0.05) is 5.21 Å². The topological polar surface area (TPSA) is 63.0 Å². The van der Waals surface area contributed by atoms with Crippen molar-refractivity contribution in [2.45, 2.75) is 6.54 Å². The van der Waals surface area contributed by atoms with Crippen molar-refractivity contribution in [3.63, 3.8) is 0 Å². The van der Waals surface area contributed by atoms with Crippen molar-refractivity contribution in [2.24, 2.45) is 7.05 Å². The number of aromatic nitrogens is 3. The van der Waals surface area contributed by atoms with Gasteiger partial charge >= 0.3 is 0 Å². The summed E-state index contributed by atoms with van der Waals surface area (Å²) >= 11 is 0. The molecule has 5 heteroatoms. The van der Waals surface area contributed by atoms with Crippen molar-refractivity contribution in [3.8, 4) is 0 Å². The molecule has 0 saturated carbocycles. The first-order chi connectivity index (χ1) is 5.33. The zero-order valence-corrected chi connectivity index (χ0v) is 6.49. The van der Waals surface area contributed by atoms with Crippen molar-refractivity contribution >= 4 is 0 Å². The standard InChI is InChI=1S/C6H12N4O/c1-10-5-6(8-9-10)4-7-2-3-11/h5,7,11H,2-4H2,1H3. The molecule has 0 unspecified atom stereocenters. The Morgan fingerprint density at radius 2 is 2.55 bits per heavy atom. The molecule has 5 nitrogen and oxygen atoms in total. The summed E-state index contributed by atoms with van der Waals surface area (Å²) in [6, 6.07) is 0. The molecule has 11 heavy (non-hydrogen) atoms. The number of aryl methyl sites for hydroxylation is 1. The van der Waals surface area contributed by atoms with Gasteiger partial charge in [0, 0.05) is 26.3 Å². The molecule has 0 aliphatic carbocycles. The molecule has 1 heterocycles. The summed E-state index contributed by atoms with van der Waals surface area (Å²) in [6.07, 6.45) is 1.84. The molecule has 0 saturated heterocycles. The summed E-state index contributed by atoms with van der Waals surface area (Å²) in [5, 5.41) is 19.1. The van der Waals surface area contributed by atoms with Gasteiger partial charge in [-0.15, -0.1) is 5.10 Å². The second-order valence-corrected chi connectivity index (χ2v) is 2.28. The normalized spacial score (nSPS) is 10.4. The Bertz CT molecular complexity index is 210. The van der Waals surface area contributed by atoms with Crippen LogP contribution in [0.2, 0.25) is 0 Å². The molecule has 1 rings (SSSR count). The van der Waals surface area contributed by atoms with Gasteiger partial charge in [-0.3, -0.25) is 4.68 Å². The van der Waals surface area contributed by atoms with Crippen LogP contribution >= 0.6 is 0 Å². The van der Waals surface area contributed by atoms with Crippen LogP contribution in [0.25, 0.3) is 0 Å². The molecule has 1 aromatic rings. The van der Waals surface area contributed by atoms with Crippen LogP contribution in [0, 0.1) is 0 Å². The first-order valence-electron chi connectivity index (χ1n) is 3.49. The van der Waals surface area contributed by atoms with Crippen molar-refractivity contribution < 1.29 is 5.11 Å². The Kier molecular flexibility index (Phi) is 3.00. The van der Waals surface area contributed by atoms with E-state index in [4.69, 9.17) is 5.11 Å². The van der Waals surface area contributed by atoms with Crippen LogP contribution in [0.15, 0.2) is 6.20 Å². The maximum absolute atomic E-state index is 8.45. The summed E-state index contributed by atoms with van der Waals surface area (Å²) in [4.78, 5) is 0. The second-order valence-electron chi connectivity index (χ2n) is 2.28. The number of rotatable bonds is 4. The molecule has 0 aliphatic rings. The average molecular weight is 156 g/mol. The third-order valence-electron chi connectivity index (χ3n) is 1.24. The second kappa shape index (κ2) is 4.05. The van der Waals surface area contributed by atoms with E-state index in [-0.39, 0.29) is 6.61 Å². The summed E-state index contributed by atoms with van der Waals surface area (Å²) < 4.78 is 1.65. The highest BCUT2D eigenvalue weighted by Gasteiger charge is 1.95. The largest absolute Gasteiger partial charge is 0.395 e. The lowest BCUT2D eigenvalue weighted by Crippen LogP contribution is -2.17. The minimum absolute atomic E-state index is 0.153. The number of hydrogen-bond donors (Lipinski definition) is 2. The SMILES string of the molecule is Cn1cc(CNCCO)nn1. The van der Waals surface area contributed by atoms with Crippen LogP contribution in [0.1, 0.15) is 5.69 Å². The first kappa shape index (κ1) is 8.16. The van der Waals surface area contributed by atoms with Gasteiger partial charge in [-0.05, 0) is 0 Å². The smallest absolute Gasteiger partial charge is 0.0964 e. The molecule has 0 amide bonds. The Hall–Kier alpha value is -0.940. The molecule has 2 N–H and O–H groups in total. The third kappa shape index (κ3) is 2.65. The van der Waals surface area contributed by atoms with Crippen LogP contribution in [0.4, 0.5) is 0 Å². The molecule has 0 spiro atoms. The molecule has 0 aliphatic heterocycles. The van der Waals surface area contributed by atoms with Crippen molar-refractivity contribution in [2.75, 3.05) is 13.2 Å². The van der Waals surface area contributed by atoms with E-state index in [9.17, 15) is 0 Å². The molecule has 62 valence electrons. The number of nitrogens with one attached hydrogen (secondary N) is 1. The molecule has 0 radical (unpaired) electrons. The lowest BCUT2D eigenvalue weighted by Gasteiger charge is -1.96. The molecule has 0 aromatic carbocycles. The molecule has 1 aromatic heterocycles. The predicted octanol–water partition coefficient (Wildman–Crippen LogP) is -1.10. The number of nitrogens with zero attached hydrogens (tertiary/aromatic N) is 3. The minimum Gasteiger partial charge on any atom is -0.395 e. The van der Waals surface area contributed by atoms with E-state index in [1.807, 2.05) is 13.2 Å². The van der Waals surface area contributed by atoms with E-state index < -0.39 is 0 Å². The quantitative estimate of drug-likeness (QED) is 0.543. The van der Waals surface area contributed by atoms with Crippen LogP contribution in [-0.2, 0) is 13.6 Å². The van der Waals surface area contributed by atoms with Crippen molar-refractivity contribution in [3.05, 3.63) is 11.9 Å². The fraction of sp³-hybridized carbons (Fsp3) is 0.667. The Balaban J connectivity index is 2.27. The molecule has 0 atom stereocenters. The van der Waals surface area contributed by atoms with Gasteiger partial charge in [0.2, 0.25) is 0 Å². The summed E-state index contributed by atoms with van der Waals surface area (Å²) in [7, 11) is 1.82. The molecular weight excluding hydrogens is 144 g/mol. The maximum atomic E-state index is 8.45. The van der Waals surface area contributed by atoms with Gasteiger partial charge in [0.1, 0.15) is 0 Å². The van der Waals surface area contributed by atoms with Crippen LogP contribution in [0.3, 0.4) is 0 Å². The fourth-order valence-corrected chi connectivity index (χ4v) is 0.772. The molecule has 0 bridgehead atoms. The number of hydrogen-bond acceptors (Lipinski definition) is 4. The van der Waals surface area contributed by atoms with Gasteiger partial charge in [0.05, 0.1) is 12.3 Å². The predicted molar refractivity (Wildman–Crippen MR) is 39.8 cm³/mol. The Morgan fingerprint density at radius 3 is 3.09 bits per heavy atom. The average Bonchev–Trinajstić information content (AvgIpc) is 2.37. The fourth-order valence-electron chi connectivity index (χ4n) is 0.772. The minimum atomic E-state index is 0.153. The van der Waals surface area contributed by atoms with E-state index in [2.05, 4.69) is 15.6 Å². The Morgan fingerprint density at radius 1 is 1.73 bits per heavy atom. The summed E-state index contributed by atoms with van der Waals surface area (Å²) in [6.45, 7) is 1.41. The first-order valence-corrected chi connectivity index (χ1v) is 3.49. The highest BCUT2D eigenvalue weighted by molar-refractivity contribution is 4.90. The van der Waals surface area contributed by atoms with Crippen molar-refractivity contribution in [1.82, 2.24) is 20.3 Å². The molecular formula is C6H12N4O. The lowest BCUT2D eigenvalue weighted by molar-refractivity contribution is 0.291. The lowest BCUT2D eigenvalue weighted by atomic mass is 10.4. The highest BCUT2D eigenvalue weighted by Crippen LogP contribution is 1.88. The number of aliphatic hydroxyl groups is 1.